The molecule has 11 nitrogen and oxygen atoms in total. The molecule has 0 aliphatic carbocycles. The number of carbonyl (C=O) groups excluding carboxylic acids is 1. The summed E-state index contributed by atoms with van der Waals surface area (Å²) in [5.74, 6) is -0.578. The summed E-state index contributed by atoms with van der Waals surface area (Å²) in [7, 11) is -1.19. The second kappa shape index (κ2) is 10.5. The maximum atomic E-state index is 12.9. The van der Waals surface area contributed by atoms with Crippen LogP contribution in [0.2, 0.25) is 0 Å². The van der Waals surface area contributed by atoms with Crippen molar-refractivity contribution in [2.45, 2.75) is 11.8 Å². The smallest absolute Gasteiger partial charge is 0.409 e. The normalized spacial score (nSPS) is 13.9. The average Bonchev–Trinajstić information content (AvgIpc) is 2.83. The van der Waals surface area contributed by atoms with Gasteiger partial charge in [-0.3, -0.25) is 4.72 Å². The molecule has 0 bridgehead atoms. The van der Waals surface area contributed by atoms with Gasteiger partial charge in [0.2, 0.25) is 0 Å². The fraction of sp³-hybridized carbons (Fsp3) is 0.364. The summed E-state index contributed by atoms with van der Waals surface area (Å²) in [6, 6.07) is 8.46. The summed E-state index contributed by atoms with van der Waals surface area (Å²) in [4.78, 5) is 27.2. The second-order valence-electron chi connectivity index (χ2n) is 7.33. The Morgan fingerprint density at radius 3 is 2.26 bits per heavy atom. The lowest BCUT2D eigenvalue weighted by Crippen LogP contribution is -2.49. The van der Waals surface area contributed by atoms with E-state index in [4.69, 9.17) is 14.2 Å². The molecule has 0 saturated carbocycles. The molecule has 1 saturated heterocycles. The van der Waals surface area contributed by atoms with E-state index in [9.17, 15) is 23.1 Å². The number of piperazine rings is 1. The zero-order valence-corrected chi connectivity index (χ0v) is 19.9. The van der Waals surface area contributed by atoms with E-state index >= 15 is 0 Å². The third kappa shape index (κ3) is 5.45. The molecule has 12 heteroatoms. The first-order valence-electron chi connectivity index (χ1n) is 10.5. The average molecular weight is 494 g/mol. The van der Waals surface area contributed by atoms with Gasteiger partial charge in [0.15, 0.2) is 11.5 Å². The molecule has 1 fully saturated rings. The van der Waals surface area contributed by atoms with Crippen molar-refractivity contribution in [2.75, 3.05) is 56.6 Å². The highest BCUT2D eigenvalue weighted by atomic mass is 32.2. The van der Waals surface area contributed by atoms with Crippen LogP contribution in [0.4, 0.5) is 16.2 Å². The molecule has 1 amide bonds. The van der Waals surface area contributed by atoms with Gasteiger partial charge in [-0.05, 0) is 37.3 Å². The first-order valence-corrected chi connectivity index (χ1v) is 12.0. The number of hydrogen-bond donors (Lipinski definition) is 2. The van der Waals surface area contributed by atoms with Crippen molar-refractivity contribution in [3.8, 4) is 11.5 Å². The van der Waals surface area contributed by atoms with Crippen LogP contribution in [0.1, 0.15) is 17.3 Å². The van der Waals surface area contributed by atoms with Crippen LogP contribution in [-0.4, -0.2) is 77.5 Å². The summed E-state index contributed by atoms with van der Waals surface area (Å²) in [6.45, 7) is 3.60. The predicted molar refractivity (Wildman–Crippen MR) is 125 cm³/mol. The fourth-order valence-electron chi connectivity index (χ4n) is 3.59. The van der Waals surface area contributed by atoms with E-state index in [1.165, 1.54) is 44.6 Å². The van der Waals surface area contributed by atoms with Gasteiger partial charge in [0.1, 0.15) is 0 Å². The highest BCUT2D eigenvalue weighted by Gasteiger charge is 2.25. The van der Waals surface area contributed by atoms with Crippen LogP contribution in [0.3, 0.4) is 0 Å². The van der Waals surface area contributed by atoms with E-state index in [1.54, 1.807) is 17.9 Å². The number of anilines is 2. The van der Waals surface area contributed by atoms with Crippen LogP contribution >= 0.6 is 0 Å². The van der Waals surface area contributed by atoms with E-state index < -0.39 is 22.1 Å². The van der Waals surface area contributed by atoms with Gasteiger partial charge in [-0.15, -0.1) is 0 Å². The molecular formula is C22H27N3O8S. The minimum absolute atomic E-state index is 0.0582. The van der Waals surface area contributed by atoms with E-state index in [2.05, 4.69) is 4.72 Å². The van der Waals surface area contributed by atoms with Gasteiger partial charge in [0, 0.05) is 37.9 Å². The quantitative estimate of drug-likeness (QED) is 0.569. The number of carboxylic acid groups (broad SMARTS) is 1. The standard InChI is InChI=1S/C22H27N3O8S/c1-4-33-22(28)25-11-9-24(10-12-25)18-7-5-15(13-17(18)21(26)27)23-34(29,30)16-6-8-19(31-2)20(14-16)32-3/h5-8,13-14,23H,4,9-12H2,1-3H3,(H,26,27). The van der Waals surface area contributed by atoms with Crippen LogP contribution in [-0.2, 0) is 14.8 Å². The minimum atomic E-state index is -4.02. The fourth-order valence-corrected chi connectivity index (χ4v) is 4.65. The Labute approximate surface area is 197 Å². The van der Waals surface area contributed by atoms with E-state index in [-0.39, 0.29) is 28.5 Å². The molecule has 1 heterocycles. The van der Waals surface area contributed by atoms with Crippen molar-refractivity contribution < 1.29 is 37.3 Å². The number of rotatable bonds is 8. The molecule has 34 heavy (non-hydrogen) atoms. The summed E-state index contributed by atoms with van der Waals surface area (Å²) in [5.41, 5.74) is 0.475. The summed E-state index contributed by atoms with van der Waals surface area (Å²) in [6.07, 6.45) is -0.402. The molecule has 2 N–H and O–H groups in total. The lowest BCUT2D eigenvalue weighted by Gasteiger charge is -2.36. The first-order chi connectivity index (χ1) is 16.2. The second-order valence-corrected chi connectivity index (χ2v) is 9.01. The van der Waals surface area contributed by atoms with Crippen LogP contribution < -0.4 is 19.1 Å². The van der Waals surface area contributed by atoms with Gasteiger partial charge in [-0.2, -0.15) is 0 Å². The molecule has 0 aromatic heterocycles. The molecule has 0 spiro atoms. The number of sulfonamides is 1. The van der Waals surface area contributed by atoms with Gasteiger partial charge in [0.25, 0.3) is 10.0 Å². The van der Waals surface area contributed by atoms with E-state index in [1.807, 2.05) is 4.90 Å². The lowest BCUT2D eigenvalue weighted by molar-refractivity contribution is 0.0696. The number of nitrogens with one attached hydrogen (secondary N) is 1. The van der Waals surface area contributed by atoms with Gasteiger partial charge in [0.05, 0.1) is 37.0 Å². The maximum Gasteiger partial charge on any atom is 0.409 e. The number of methoxy groups -OCH3 is 2. The molecule has 0 radical (unpaired) electrons. The van der Waals surface area contributed by atoms with Crippen molar-refractivity contribution in [2.24, 2.45) is 0 Å². The van der Waals surface area contributed by atoms with E-state index in [0.717, 1.165) is 0 Å². The van der Waals surface area contributed by atoms with Crippen molar-refractivity contribution >= 4 is 33.5 Å². The summed E-state index contributed by atoms with van der Waals surface area (Å²) in [5, 5.41) is 9.75. The van der Waals surface area contributed by atoms with Crippen LogP contribution in [0.5, 0.6) is 11.5 Å². The van der Waals surface area contributed by atoms with Crippen LogP contribution in [0, 0.1) is 0 Å². The largest absolute Gasteiger partial charge is 0.493 e. The summed E-state index contributed by atoms with van der Waals surface area (Å²) < 4.78 is 43.5. The molecule has 2 aromatic rings. The molecule has 184 valence electrons. The Balaban J connectivity index is 1.81. The van der Waals surface area contributed by atoms with Gasteiger partial charge in [-0.1, -0.05) is 0 Å². The topological polar surface area (TPSA) is 135 Å². The summed E-state index contributed by atoms with van der Waals surface area (Å²) >= 11 is 0. The Hall–Kier alpha value is -3.67. The SMILES string of the molecule is CCOC(=O)N1CCN(c2ccc(NS(=O)(=O)c3ccc(OC)c(OC)c3)cc2C(=O)O)CC1. The first kappa shape index (κ1) is 25.0. The molecule has 0 atom stereocenters. The number of aromatic carboxylic acids is 1. The van der Waals surface area contributed by atoms with Crippen LogP contribution in [0.15, 0.2) is 41.3 Å². The van der Waals surface area contributed by atoms with E-state index in [0.29, 0.717) is 37.6 Å². The Kier molecular flexibility index (Phi) is 7.72. The predicted octanol–water partition coefficient (Wildman–Crippen LogP) is 2.48. The number of benzene rings is 2. The van der Waals surface area contributed by atoms with Crippen molar-refractivity contribution in [1.29, 1.82) is 0 Å². The number of nitrogens with zero attached hydrogens (tertiary/aromatic N) is 2. The number of amides is 1. The number of ether oxygens (including phenoxy) is 3. The maximum absolute atomic E-state index is 12.9. The molecule has 2 aromatic carbocycles. The molecule has 3 rings (SSSR count). The number of carbonyl (C=O) groups is 2. The Morgan fingerprint density at radius 2 is 1.68 bits per heavy atom. The molecule has 0 unspecified atom stereocenters. The van der Waals surface area contributed by atoms with Crippen molar-refractivity contribution in [1.82, 2.24) is 4.90 Å². The Morgan fingerprint density at radius 1 is 1.00 bits per heavy atom. The monoisotopic (exact) mass is 493 g/mol. The lowest BCUT2D eigenvalue weighted by atomic mass is 10.1. The van der Waals surface area contributed by atoms with Crippen molar-refractivity contribution in [3.63, 3.8) is 0 Å². The van der Waals surface area contributed by atoms with Gasteiger partial charge >= 0.3 is 12.1 Å². The molecule has 1 aliphatic rings. The van der Waals surface area contributed by atoms with Crippen molar-refractivity contribution in [3.05, 3.63) is 42.0 Å². The van der Waals surface area contributed by atoms with Gasteiger partial charge in [-0.25, -0.2) is 18.0 Å². The zero-order valence-electron chi connectivity index (χ0n) is 19.1. The highest BCUT2D eigenvalue weighted by molar-refractivity contribution is 7.92. The molecular weight excluding hydrogens is 466 g/mol. The van der Waals surface area contributed by atoms with Crippen LogP contribution in [0.25, 0.3) is 0 Å². The third-order valence-corrected chi connectivity index (χ3v) is 6.67. The third-order valence-electron chi connectivity index (χ3n) is 5.29. The number of hydrogen-bond acceptors (Lipinski definition) is 8. The minimum Gasteiger partial charge on any atom is -0.493 e. The Bertz CT molecular complexity index is 1160. The molecule has 1 aliphatic heterocycles. The zero-order chi connectivity index (χ0) is 24.9. The van der Waals surface area contributed by atoms with Gasteiger partial charge < -0.3 is 29.1 Å². The highest BCUT2D eigenvalue weighted by Crippen LogP contribution is 2.31. The number of carboxylic acids is 1.